The van der Waals surface area contributed by atoms with Gasteiger partial charge in [0, 0.05) is 20.0 Å². The minimum atomic E-state index is 0.206. The number of hydrogen-bond acceptors (Lipinski definition) is 1. The first-order chi connectivity index (χ1) is 6.04. The molecule has 0 aromatic carbocycles. The van der Waals surface area contributed by atoms with E-state index in [0.29, 0.717) is 17.9 Å². The SMILES string of the molecule is CC(=O)N(C)C1CCCC1C(C)C. The van der Waals surface area contributed by atoms with E-state index in [9.17, 15) is 4.79 Å². The molecule has 2 nitrogen and oxygen atoms in total. The molecule has 0 bridgehead atoms. The number of carbonyl (C=O) groups is 1. The molecule has 2 unspecified atom stereocenters. The number of amides is 1. The summed E-state index contributed by atoms with van der Waals surface area (Å²) in [5.74, 6) is 1.63. The molecule has 0 aromatic rings. The quantitative estimate of drug-likeness (QED) is 0.643. The van der Waals surface area contributed by atoms with Crippen molar-refractivity contribution in [1.29, 1.82) is 0 Å². The minimum Gasteiger partial charge on any atom is -0.343 e. The van der Waals surface area contributed by atoms with Gasteiger partial charge in [-0.25, -0.2) is 0 Å². The van der Waals surface area contributed by atoms with Crippen molar-refractivity contribution in [3.8, 4) is 0 Å². The van der Waals surface area contributed by atoms with Gasteiger partial charge in [0.15, 0.2) is 0 Å². The third-order valence-corrected chi connectivity index (χ3v) is 3.38. The highest BCUT2D eigenvalue weighted by Gasteiger charge is 2.33. The maximum absolute atomic E-state index is 11.2. The summed E-state index contributed by atoms with van der Waals surface area (Å²) in [7, 11) is 1.94. The molecule has 0 radical (unpaired) electrons. The molecule has 0 N–H and O–H groups in total. The van der Waals surface area contributed by atoms with Gasteiger partial charge in [0.05, 0.1) is 0 Å². The van der Waals surface area contributed by atoms with Crippen LogP contribution in [0, 0.1) is 11.8 Å². The highest BCUT2D eigenvalue weighted by atomic mass is 16.2. The second-order valence-corrected chi connectivity index (χ2v) is 4.54. The van der Waals surface area contributed by atoms with Crippen molar-refractivity contribution in [3.05, 3.63) is 0 Å². The molecule has 0 aromatic heterocycles. The Morgan fingerprint density at radius 3 is 2.46 bits per heavy atom. The highest BCUT2D eigenvalue weighted by molar-refractivity contribution is 5.73. The molecule has 13 heavy (non-hydrogen) atoms. The zero-order valence-corrected chi connectivity index (χ0v) is 9.21. The smallest absolute Gasteiger partial charge is 0.219 e. The van der Waals surface area contributed by atoms with Crippen LogP contribution in [0.1, 0.15) is 40.0 Å². The molecule has 1 fully saturated rings. The monoisotopic (exact) mass is 183 g/mol. The standard InChI is InChI=1S/C11H21NO/c1-8(2)10-6-5-7-11(10)12(4)9(3)13/h8,10-11H,5-7H2,1-4H3. The Balaban J connectivity index is 2.62. The summed E-state index contributed by atoms with van der Waals surface area (Å²) in [4.78, 5) is 13.2. The largest absolute Gasteiger partial charge is 0.343 e. The number of carbonyl (C=O) groups excluding carboxylic acids is 1. The van der Waals surface area contributed by atoms with Gasteiger partial charge in [-0.2, -0.15) is 0 Å². The van der Waals surface area contributed by atoms with E-state index in [1.54, 1.807) is 6.92 Å². The molecule has 2 atom stereocenters. The number of nitrogens with zero attached hydrogens (tertiary/aromatic N) is 1. The summed E-state index contributed by atoms with van der Waals surface area (Å²) in [6, 6.07) is 0.498. The molecule has 1 rings (SSSR count). The molecule has 0 saturated heterocycles. The summed E-state index contributed by atoms with van der Waals surface area (Å²) >= 11 is 0. The topological polar surface area (TPSA) is 20.3 Å². The molecule has 0 heterocycles. The van der Waals surface area contributed by atoms with Gasteiger partial charge in [0.25, 0.3) is 0 Å². The van der Waals surface area contributed by atoms with Crippen molar-refractivity contribution in [2.75, 3.05) is 7.05 Å². The van der Waals surface area contributed by atoms with E-state index in [2.05, 4.69) is 13.8 Å². The van der Waals surface area contributed by atoms with Crippen molar-refractivity contribution in [3.63, 3.8) is 0 Å². The van der Waals surface area contributed by atoms with Gasteiger partial charge in [-0.05, 0) is 24.7 Å². The molecule has 2 heteroatoms. The molecule has 1 amide bonds. The van der Waals surface area contributed by atoms with Crippen LogP contribution in [0.25, 0.3) is 0 Å². The van der Waals surface area contributed by atoms with Crippen molar-refractivity contribution >= 4 is 5.91 Å². The van der Waals surface area contributed by atoms with Crippen LogP contribution in [0.5, 0.6) is 0 Å². The first kappa shape index (κ1) is 10.6. The Hall–Kier alpha value is -0.530. The molecule has 0 aliphatic heterocycles. The molecule has 76 valence electrons. The molecular formula is C11H21NO. The van der Waals surface area contributed by atoms with Crippen LogP contribution in [0.4, 0.5) is 0 Å². The normalized spacial score (nSPS) is 28.1. The maximum atomic E-state index is 11.2. The summed E-state index contributed by atoms with van der Waals surface area (Å²) in [6.45, 7) is 6.18. The van der Waals surface area contributed by atoms with Crippen molar-refractivity contribution in [2.45, 2.75) is 46.1 Å². The fraction of sp³-hybridized carbons (Fsp3) is 0.909. The fourth-order valence-electron chi connectivity index (χ4n) is 2.46. The van der Waals surface area contributed by atoms with Crippen molar-refractivity contribution in [2.24, 2.45) is 11.8 Å². The molecule has 1 aliphatic rings. The van der Waals surface area contributed by atoms with Gasteiger partial charge in [0.1, 0.15) is 0 Å². The van der Waals surface area contributed by atoms with Gasteiger partial charge in [0.2, 0.25) is 5.91 Å². The highest BCUT2D eigenvalue weighted by Crippen LogP contribution is 2.34. The Morgan fingerprint density at radius 1 is 1.38 bits per heavy atom. The zero-order valence-electron chi connectivity index (χ0n) is 9.21. The summed E-state index contributed by atoms with van der Waals surface area (Å²) < 4.78 is 0. The van der Waals surface area contributed by atoms with Crippen LogP contribution in [0.2, 0.25) is 0 Å². The Labute approximate surface area is 81.3 Å². The second-order valence-electron chi connectivity index (χ2n) is 4.54. The van der Waals surface area contributed by atoms with E-state index in [-0.39, 0.29) is 5.91 Å². The third kappa shape index (κ3) is 2.23. The van der Waals surface area contributed by atoms with E-state index < -0.39 is 0 Å². The van der Waals surface area contributed by atoms with Crippen LogP contribution in [-0.4, -0.2) is 23.9 Å². The second kappa shape index (κ2) is 4.12. The first-order valence-electron chi connectivity index (χ1n) is 5.27. The predicted octanol–water partition coefficient (Wildman–Crippen LogP) is 2.29. The average molecular weight is 183 g/mol. The van der Waals surface area contributed by atoms with Crippen LogP contribution in [0.15, 0.2) is 0 Å². The van der Waals surface area contributed by atoms with Gasteiger partial charge in [-0.15, -0.1) is 0 Å². The Kier molecular flexibility index (Phi) is 3.34. The van der Waals surface area contributed by atoms with Crippen LogP contribution < -0.4 is 0 Å². The molecular weight excluding hydrogens is 162 g/mol. The fourth-order valence-corrected chi connectivity index (χ4v) is 2.46. The summed E-state index contributed by atoms with van der Waals surface area (Å²) in [5, 5.41) is 0. The van der Waals surface area contributed by atoms with Crippen LogP contribution >= 0.6 is 0 Å². The molecule has 0 spiro atoms. The van der Waals surface area contributed by atoms with Crippen molar-refractivity contribution < 1.29 is 4.79 Å². The van der Waals surface area contributed by atoms with E-state index in [1.165, 1.54) is 19.3 Å². The zero-order chi connectivity index (χ0) is 10.0. The Bertz CT molecular complexity index is 189. The van der Waals surface area contributed by atoms with Gasteiger partial charge < -0.3 is 4.90 Å². The number of hydrogen-bond donors (Lipinski definition) is 0. The number of rotatable bonds is 2. The summed E-state index contributed by atoms with van der Waals surface area (Å²) in [6.07, 6.45) is 3.77. The molecule has 1 aliphatic carbocycles. The summed E-state index contributed by atoms with van der Waals surface area (Å²) in [5.41, 5.74) is 0. The van der Waals surface area contributed by atoms with E-state index in [4.69, 9.17) is 0 Å². The van der Waals surface area contributed by atoms with Gasteiger partial charge >= 0.3 is 0 Å². The minimum absolute atomic E-state index is 0.206. The van der Waals surface area contributed by atoms with E-state index in [0.717, 1.165) is 0 Å². The van der Waals surface area contributed by atoms with E-state index >= 15 is 0 Å². The predicted molar refractivity (Wildman–Crippen MR) is 54.4 cm³/mol. The van der Waals surface area contributed by atoms with E-state index in [1.807, 2.05) is 11.9 Å². The lowest BCUT2D eigenvalue weighted by molar-refractivity contribution is -0.130. The van der Waals surface area contributed by atoms with Crippen LogP contribution in [-0.2, 0) is 4.79 Å². The van der Waals surface area contributed by atoms with Gasteiger partial charge in [-0.1, -0.05) is 20.3 Å². The van der Waals surface area contributed by atoms with Crippen LogP contribution in [0.3, 0.4) is 0 Å². The average Bonchev–Trinajstić information content (AvgIpc) is 2.50. The van der Waals surface area contributed by atoms with Crippen molar-refractivity contribution in [1.82, 2.24) is 4.90 Å². The first-order valence-corrected chi connectivity index (χ1v) is 5.27. The lowest BCUT2D eigenvalue weighted by Crippen LogP contribution is -2.39. The lowest BCUT2D eigenvalue weighted by atomic mass is 9.90. The Morgan fingerprint density at radius 2 is 2.00 bits per heavy atom. The van der Waals surface area contributed by atoms with Gasteiger partial charge in [-0.3, -0.25) is 4.79 Å². The lowest BCUT2D eigenvalue weighted by Gasteiger charge is -2.31. The molecule has 1 saturated carbocycles. The third-order valence-electron chi connectivity index (χ3n) is 3.38. The maximum Gasteiger partial charge on any atom is 0.219 e.